The molecule has 2 heterocycles. The predicted octanol–water partition coefficient (Wildman–Crippen LogP) is 4.88. The summed E-state index contributed by atoms with van der Waals surface area (Å²) < 4.78 is 10.9. The SMILES string of the molecule is CC(C)OC(=O)c1c2c(nc3ccccc13)/C(=C/c1ccco1)CC2. The van der Waals surface area contributed by atoms with Gasteiger partial charge in [-0.1, -0.05) is 18.2 Å². The smallest absolute Gasteiger partial charge is 0.339 e. The number of benzene rings is 1. The molecule has 126 valence electrons. The second-order valence-electron chi connectivity index (χ2n) is 6.47. The number of pyridine rings is 1. The van der Waals surface area contributed by atoms with Crippen molar-refractivity contribution in [1.29, 1.82) is 0 Å². The molecule has 0 amide bonds. The summed E-state index contributed by atoms with van der Waals surface area (Å²) in [6, 6.07) is 11.5. The van der Waals surface area contributed by atoms with Gasteiger partial charge in [0.05, 0.1) is 29.1 Å². The monoisotopic (exact) mass is 333 g/mol. The molecule has 0 saturated heterocycles. The van der Waals surface area contributed by atoms with Gasteiger partial charge in [-0.3, -0.25) is 0 Å². The van der Waals surface area contributed by atoms with Crippen LogP contribution < -0.4 is 0 Å². The third kappa shape index (κ3) is 2.84. The Morgan fingerprint density at radius 2 is 2.04 bits per heavy atom. The first-order valence-electron chi connectivity index (χ1n) is 8.50. The summed E-state index contributed by atoms with van der Waals surface area (Å²) in [4.78, 5) is 17.6. The van der Waals surface area contributed by atoms with E-state index in [4.69, 9.17) is 14.1 Å². The zero-order valence-electron chi connectivity index (χ0n) is 14.3. The van der Waals surface area contributed by atoms with E-state index in [9.17, 15) is 4.79 Å². The van der Waals surface area contributed by atoms with Crippen molar-refractivity contribution in [2.24, 2.45) is 0 Å². The maximum absolute atomic E-state index is 12.8. The first kappa shape index (κ1) is 15.6. The van der Waals surface area contributed by atoms with Gasteiger partial charge in [-0.05, 0) is 62.1 Å². The Labute approximate surface area is 146 Å². The summed E-state index contributed by atoms with van der Waals surface area (Å²) in [6.45, 7) is 3.73. The minimum atomic E-state index is -0.274. The number of allylic oxidation sites excluding steroid dienone is 1. The maximum atomic E-state index is 12.8. The molecule has 1 aliphatic carbocycles. The van der Waals surface area contributed by atoms with Gasteiger partial charge in [-0.15, -0.1) is 0 Å². The molecule has 1 aliphatic rings. The summed E-state index contributed by atoms with van der Waals surface area (Å²) in [7, 11) is 0. The van der Waals surface area contributed by atoms with Gasteiger partial charge in [0.1, 0.15) is 5.76 Å². The number of ether oxygens (including phenoxy) is 1. The lowest BCUT2D eigenvalue weighted by Crippen LogP contribution is -2.14. The highest BCUT2D eigenvalue weighted by Crippen LogP contribution is 2.37. The molecule has 0 saturated carbocycles. The van der Waals surface area contributed by atoms with Crippen LogP contribution in [0.1, 0.15) is 47.6 Å². The van der Waals surface area contributed by atoms with Crippen molar-refractivity contribution in [2.45, 2.75) is 32.8 Å². The van der Waals surface area contributed by atoms with Crippen molar-refractivity contribution in [3.63, 3.8) is 0 Å². The van der Waals surface area contributed by atoms with E-state index in [0.29, 0.717) is 5.56 Å². The molecular formula is C21H19NO3. The summed E-state index contributed by atoms with van der Waals surface area (Å²) >= 11 is 0. The number of fused-ring (bicyclic) bond motifs is 2. The predicted molar refractivity (Wildman–Crippen MR) is 97.2 cm³/mol. The Morgan fingerprint density at radius 1 is 1.20 bits per heavy atom. The van der Waals surface area contributed by atoms with Crippen LogP contribution >= 0.6 is 0 Å². The lowest BCUT2D eigenvalue weighted by atomic mass is 10.0. The molecule has 0 bridgehead atoms. The van der Waals surface area contributed by atoms with E-state index < -0.39 is 0 Å². The topological polar surface area (TPSA) is 52.3 Å². The Hall–Kier alpha value is -2.88. The molecule has 0 unspecified atom stereocenters. The number of hydrogen-bond donors (Lipinski definition) is 0. The number of rotatable bonds is 3. The van der Waals surface area contributed by atoms with Crippen LogP contribution in [0.5, 0.6) is 0 Å². The molecule has 0 aliphatic heterocycles. The largest absolute Gasteiger partial charge is 0.465 e. The van der Waals surface area contributed by atoms with E-state index in [1.165, 1.54) is 0 Å². The van der Waals surface area contributed by atoms with Gasteiger partial charge in [0.15, 0.2) is 0 Å². The number of para-hydroxylation sites is 1. The average Bonchev–Trinajstić information content (AvgIpc) is 3.23. The second-order valence-corrected chi connectivity index (χ2v) is 6.47. The summed E-state index contributed by atoms with van der Waals surface area (Å²) in [5.74, 6) is 0.521. The summed E-state index contributed by atoms with van der Waals surface area (Å²) in [5, 5.41) is 0.853. The molecule has 4 rings (SSSR count). The van der Waals surface area contributed by atoms with Crippen LogP contribution in [0.2, 0.25) is 0 Å². The van der Waals surface area contributed by atoms with Crippen LogP contribution in [0.4, 0.5) is 0 Å². The quantitative estimate of drug-likeness (QED) is 0.641. The Morgan fingerprint density at radius 3 is 2.80 bits per heavy atom. The Kier molecular flexibility index (Phi) is 3.88. The first-order valence-corrected chi connectivity index (χ1v) is 8.50. The fraction of sp³-hybridized carbons (Fsp3) is 0.238. The molecule has 4 heteroatoms. The molecule has 0 atom stereocenters. The molecular weight excluding hydrogens is 314 g/mol. The third-order valence-corrected chi connectivity index (χ3v) is 4.35. The van der Waals surface area contributed by atoms with Gasteiger partial charge in [-0.25, -0.2) is 9.78 Å². The van der Waals surface area contributed by atoms with Gasteiger partial charge in [0.25, 0.3) is 0 Å². The highest BCUT2D eigenvalue weighted by Gasteiger charge is 2.28. The van der Waals surface area contributed by atoms with E-state index in [0.717, 1.165) is 46.3 Å². The summed E-state index contributed by atoms with van der Waals surface area (Å²) in [6.07, 6.45) is 5.12. The van der Waals surface area contributed by atoms with E-state index >= 15 is 0 Å². The molecule has 3 aromatic rings. The minimum absolute atomic E-state index is 0.158. The standard InChI is InChI=1S/C21H19NO3/c1-13(2)25-21(23)19-16-7-3-4-8-18(16)22-20-14(9-10-17(19)20)12-15-6-5-11-24-15/h3-8,11-13H,9-10H2,1-2H3/b14-12+. The van der Waals surface area contributed by atoms with Gasteiger partial charge >= 0.3 is 5.97 Å². The molecule has 0 spiro atoms. The van der Waals surface area contributed by atoms with E-state index in [2.05, 4.69) is 0 Å². The van der Waals surface area contributed by atoms with Crippen molar-refractivity contribution < 1.29 is 13.9 Å². The van der Waals surface area contributed by atoms with Crippen molar-refractivity contribution in [3.05, 3.63) is 65.2 Å². The number of aromatic nitrogens is 1. The Bertz CT molecular complexity index is 968. The molecule has 0 radical (unpaired) electrons. The minimum Gasteiger partial charge on any atom is -0.465 e. The third-order valence-electron chi connectivity index (χ3n) is 4.35. The zero-order valence-corrected chi connectivity index (χ0v) is 14.3. The van der Waals surface area contributed by atoms with Crippen LogP contribution in [0, 0.1) is 0 Å². The summed E-state index contributed by atoms with van der Waals surface area (Å²) in [5.41, 5.74) is 4.41. The van der Waals surface area contributed by atoms with Crippen molar-refractivity contribution >= 4 is 28.5 Å². The van der Waals surface area contributed by atoms with Crippen LogP contribution in [0.15, 0.2) is 47.1 Å². The van der Waals surface area contributed by atoms with E-state index in [1.54, 1.807) is 6.26 Å². The van der Waals surface area contributed by atoms with Gasteiger partial charge in [0, 0.05) is 5.39 Å². The number of furan rings is 1. The van der Waals surface area contributed by atoms with Gasteiger partial charge < -0.3 is 9.15 Å². The van der Waals surface area contributed by atoms with E-state index in [-0.39, 0.29) is 12.1 Å². The van der Waals surface area contributed by atoms with Gasteiger partial charge in [-0.2, -0.15) is 0 Å². The lowest BCUT2D eigenvalue weighted by molar-refractivity contribution is 0.0379. The molecule has 2 aromatic heterocycles. The molecule has 0 N–H and O–H groups in total. The highest BCUT2D eigenvalue weighted by atomic mass is 16.5. The van der Waals surface area contributed by atoms with Crippen LogP contribution in [-0.4, -0.2) is 17.1 Å². The van der Waals surface area contributed by atoms with Crippen LogP contribution in [0.25, 0.3) is 22.6 Å². The normalized spacial score (nSPS) is 15.1. The molecule has 25 heavy (non-hydrogen) atoms. The van der Waals surface area contributed by atoms with E-state index in [1.807, 2.05) is 56.3 Å². The highest BCUT2D eigenvalue weighted by molar-refractivity contribution is 6.07. The van der Waals surface area contributed by atoms with Crippen LogP contribution in [-0.2, 0) is 11.2 Å². The van der Waals surface area contributed by atoms with Crippen LogP contribution in [0.3, 0.4) is 0 Å². The molecule has 1 aromatic carbocycles. The molecule has 4 nitrogen and oxygen atoms in total. The average molecular weight is 333 g/mol. The number of carbonyl (C=O) groups is 1. The number of carbonyl (C=O) groups excluding carboxylic acids is 1. The number of hydrogen-bond acceptors (Lipinski definition) is 4. The van der Waals surface area contributed by atoms with Crippen molar-refractivity contribution in [1.82, 2.24) is 4.98 Å². The first-order chi connectivity index (χ1) is 12.1. The fourth-order valence-electron chi connectivity index (χ4n) is 3.33. The number of esters is 1. The Balaban J connectivity index is 1.91. The maximum Gasteiger partial charge on any atom is 0.339 e. The second kappa shape index (κ2) is 6.20. The molecule has 0 fully saturated rings. The van der Waals surface area contributed by atoms with Crippen molar-refractivity contribution in [2.75, 3.05) is 0 Å². The van der Waals surface area contributed by atoms with Crippen molar-refractivity contribution in [3.8, 4) is 0 Å². The number of nitrogens with zero attached hydrogens (tertiary/aromatic N) is 1. The fourth-order valence-corrected chi connectivity index (χ4v) is 3.33. The van der Waals surface area contributed by atoms with Gasteiger partial charge in [0.2, 0.25) is 0 Å². The lowest BCUT2D eigenvalue weighted by Gasteiger charge is -2.14. The zero-order chi connectivity index (χ0) is 17.4.